The van der Waals surface area contributed by atoms with Gasteiger partial charge in [-0.05, 0) is 34.5 Å². The normalized spacial score (nSPS) is 12.5. The molecule has 0 aliphatic rings. The molecule has 1 rings (SSSR count). The number of hydrogen-bond donors (Lipinski definition) is 2. The molecular formula is C10H9BrClFO3. The Kier molecular flexibility index (Phi) is 4.70. The highest BCUT2D eigenvalue weighted by molar-refractivity contribution is 9.10. The molecule has 0 spiro atoms. The lowest BCUT2D eigenvalue weighted by atomic mass is 10.0. The predicted molar refractivity (Wildman–Crippen MR) is 60.9 cm³/mol. The van der Waals surface area contributed by atoms with Crippen molar-refractivity contribution in [2.75, 3.05) is 0 Å². The van der Waals surface area contributed by atoms with Crippen LogP contribution in [0.1, 0.15) is 24.5 Å². The minimum atomic E-state index is -1.17. The van der Waals surface area contributed by atoms with E-state index in [9.17, 15) is 14.3 Å². The molecule has 3 nitrogen and oxygen atoms in total. The van der Waals surface area contributed by atoms with Gasteiger partial charge in [-0.2, -0.15) is 0 Å². The molecule has 0 fully saturated rings. The topological polar surface area (TPSA) is 57.5 Å². The fraction of sp³-hybridized carbons (Fsp3) is 0.300. The summed E-state index contributed by atoms with van der Waals surface area (Å²) in [5.41, 5.74) is 0.00875. The van der Waals surface area contributed by atoms with Crippen LogP contribution in [0.2, 0.25) is 5.02 Å². The third-order valence-corrected chi connectivity index (χ3v) is 3.23. The molecule has 6 heteroatoms. The largest absolute Gasteiger partial charge is 0.481 e. The van der Waals surface area contributed by atoms with Crippen molar-refractivity contribution in [1.82, 2.24) is 0 Å². The van der Waals surface area contributed by atoms with Crippen LogP contribution in [-0.2, 0) is 4.79 Å². The smallest absolute Gasteiger partial charge is 0.303 e. The molecule has 0 aliphatic heterocycles. The van der Waals surface area contributed by atoms with Gasteiger partial charge in [-0.15, -0.1) is 0 Å². The summed E-state index contributed by atoms with van der Waals surface area (Å²) in [5, 5.41) is 18.3. The molecule has 0 bridgehead atoms. The Labute approximate surface area is 105 Å². The number of rotatable bonds is 4. The van der Waals surface area contributed by atoms with Crippen molar-refractivity contribution in [2.24, 2.45) is 0 Å². The number of benzene rings is 1. The molecule has 0 radical (unpaired) electrons. The number of aliphatic carboxylic acids is 1. The van der Waals surface area contributed by atoms with E-state index in [1.807, 2.05) is 0 Å². The zero-order valence-electron chi connectivity index (χ0n) is 8.08. The van der Waals surface area contributed by atoms with Crippen LogP contribution in [0.15, 0.2) is 16.6 Å². The molecule has 0 amide bonds. The van der Waals surface area contributed by atoms with Crippen molar-refractivity contribution in [3.05, 3.63) is 33.0 Å². The van der Waals surface area contributed by atoms with Gasteiger partial charge in [0.1, 0.15) is 5.82 Å². The van der Waals surface area contributed by atoms with Crippen molar-refractivity contribution < 1.29 is 19.4 Å². The molecule has 2 N–H and O–H groups in total. The molecule has 16 heavy (non-hydrogen) atoms. The molecular weight excluding hydrogens is 302 g/mol. The van der Waals surface area contributed by atoms with Crippen molar-refractivity contribution in [3.8, 4) is 0 Å². The Balaban J connectivity index is 2.86. The fourth-order valence-corrected chi connectivity index (χ4v) is 1.70. The maximum atomic E-state index is 13.4. The quantitative estimate of drug-likeness (QED) is 0.840. The van der Waals surface area contributed by atoms with Crippen LogP contribution in [0, 0.1) is 5.82 Å². The van der Waals surface area contributed by atoms with Crippen molar-refractivity contribution in [1.29, 1.82) is 0 Å². The molecule has 88 valence electrons. The fourth-order valence-electron chi connectivity index (χ4n) is 1.21. The van der Waals surface area contributed by atoms with E-state index in [4.69, 9.17) is 16.7 Å². The van der Waals surface area contributed by atoms with Gasteiger partial charge in [0.15, 0.2) is 0 Å². The molecule has 0 saturated heterocycles. The highest BCUT2D eigenvalue weighted by Crippen LogP contribution is 2.30. The Morgan fingerprint density at radius 3 is 2.75 bits per heavy atom. The molecule has 1 atom stereocenters. The lowest BCUT2D eigenvalue weighted by Gasteiger charge is -2.11. The standard InChI is InChI=1S/C10H9BrClFO3/c11-6-4-8(13)5(3-7(6)12)9(14)1-2-10(15)16/h3-4,9,14H,1-2H2,(H,15,16). The van der Waals surface area contributed by atoms with Gasteiger partial charge in [0.2, 0.25) is 0 Å². The number of carboxylic acid groups (broad SMARTS) is 1. The summed E-state index contributed by atoms with van der Waals surface area (Å²) < 4.78 is 13.8. The first kappa shape index (κ1) is 13.4. The zero-order valence-corrected chi connectivity index (χ0v) is 10.4. The molecule has 1 aromatic carbocycles. The highest BCUT2D eigenvalue weighted by atomic mass is 79.9. The van der Waals surface area contributed by atoms with Gasteiger partial charge >= 0.3 is 5.97 Å². The van der Waals surface area contributed by atoms with E-state index in [1.54, 1.807) is 0 Å². The maximum absolute atomic E-state index is 13.4. The average molecular weight is 312 g/mol. The number of halogens is 3. The maximum Gasteiger partial charge on any atom is 0.303 e. The summed E-state index contributed by atoms with van der Waals surface area (Å²) in [6.07, 6.45) is -1.44. The third-order valence-electron chi connectivity index (χ3n) is 2.03. The van der Waals surface area contributed by atoms with Crippen LogP contribution in [0.4, 0.5) is 4.39 Å². The van der Waals surface area contributed by atoms with Gasteiger partial charge in [0.05, 0.1) is 11.1 Å². The summed E-state index contributed by atoms with van der Waals surface area (Å²) in [4.78, 5) is 10.3. The van der Waals surface area contributed by atoms with Crippen LogP contribution in [0.25, 0.3) is 0 Å². The Bertz CT molecular complexity index is 411. The molecule has 0 aliphatic carbocycles. The van der Waals surface area contributed by atoms with Gasteiger partial charge in [0.25, 0.3) is 0 Å². The summed E-state index contributed by atoms with van der Waals surface area (Å²) in [6.45, 7) is 0. The number of hydrogen-bond acceptors (Lipinski definition) is 2. The first-order valence-corrected chi connectivity index (χ1v) is 5.63. The van der Waals surface area contributed by atoms with E-state index in [2.05, 4.69) is 15.9 Å². The summed E-state index contributed by atoms with van der Waals surface area (Å²) in [7, 11) is 0. The first-order chi connectivity index (χ1) is 7.41. The lowest BCUT2D eigenvalue weighted by Crippen LogP contribution is -2.04. The lowest BCUT2D eigenvalue weighted by molar-refractivity contribution is -0.137. The number of carbonyl (C=O) groups is 1. The molecule has 1 aromatic rings. The monoisotopic (exact) mass is 310 g/mol. The Morgan fingerprint density at radius 2 is 2.19 bits per heavy atom. The van der Waals surface area contributed by atoms with Crippen LogP contribution < -0.4 is 0 Å². The summed E-state index contributed by atoms with van der Waals surface area (Å²) in [6, 6.07) is 2.43. The van der Waals surface area contributed by atoms with Gasteiger partial charge in [-0.25, -0.2) is 4.39 Å². The van der Waals surface area contributed by atoms with Crippen molar-refractivity contribution in [3.63, 3.8) is 0 Å². The summed E-state index contributed by atoms with van der Waals surface area (Å²) >= 11 is 8.80. The van der Waals surface area contributed by atoms with E-state index in [-0.39, 0.29) is 23.4 Å². The third kappa shape index (κ3) is 3.43. The second-order valence-electron chi connectivity index (χ2n) is 3.24. The number of aliphatic hydroxyl groups is 1. The SMILES string of the molecule is O=C(O)CCC(O)c1cc(Cl)c(Br)cc1F. The van der Waals surface area contributed by atoms with E-state index in [0.29, 0.717) is 4.47 Å². The van der Waals surface area contributed by atoms with Gasteiger partial charge in [-0.1, -0.05) is 11.6 Å². The van der Waals surface area contributed by atoms with E-state index < -0.39 is 17.9 Å². The zero-order chi connectivity index (χ0) is 12.3. The molecule has 0 aromatic heterocycles. The molecule has 0 heterocycles. The van der Waals surface area contributed by atoms with E-state index in [1.165, 1.54) is 6.07 Å². The Morgan fingerprint density at radius 1 is 1.56 bits per heavy atom. The highest BCUT2D eigenvalue weighted by Gasteiger charge is 2.16. The first-order valence-electron chi connectivity index (χ1n) is 4.46. The van der Waals surface area contributed by atoms with Crippen molar-refractivity contribution in [2.45, 2.75) is 18.9 Å². The Hall–Kier alpha value is -0.650. The minimum Gasteiger partial charge on any atom is -0.481 e. The van der Waals surface area contributed by atoms with Crippen LogP contribution in [0.5, 0.6) is 0 Å². The predicted octanol–water partition coefficient (Wildman–Crippen LogP) is 3.14. The van der Waals surface area contributed by atoms with Gasteiger partial charge in [0, 0.05) is 16.5 Å². The van der Waals surface area contributed by atoms with Crippen LogP contribution in [-0.4, -0.2) is 16.2 Å². The van der Waals surface area contributed by atoms with Crippen LogP contribution in [0.3, 0.4) is 0 Å². The average Bonchev–Trinajstić information content (AvgIpc) is 2.20. The second kappa shape index (κ2) is 5.61. The van der Waals surface area contributed by atoms with Crippen molar-refractivity contribution >= 4 is 33.5 Å². The van der Waals surface area contributed by atoms with Gasteiger partial charge in [-0.3, -0.25) is 4.79 Å². The number of carboxylic acids is 1. The van der Waals surface area contributed by atoms with E-state index >= 15 is 0 Å². The van der Waals surface area contributed by atoms with Crippen LogP contribution >= 0.6 is 27.5 Å². The molecule has 1 unspecified atom stereocenters. The minimum absolute atomic E-state index is 0.00875. The molecule has 0 saturated carbocycles. The van der Waals surface area contributed by atoms with E-state index in [0.717, 1.165) is 6.07 Å². The second-order valence-corrected chi connectivity index (χ2v) is 4.50. The van der Waals surface area contributed by atoms with Gasteiger partial charge < -0.3 is 10.2 Å². The summed E-state index contributed by atoms with van der Waals surface area (Å²) in [5.74, 6) is -1.66. The number of aliphatic hydroxyl groups excluding tert-OH is 1.